The quantitative estimate of drug-likeness (QED) is 0.770. The Hall–Kier alpha value is -1.40. The second-order valence-electron chi connectivity index (χ2n) is 4.20. The molecule has 20 heavy (non-hydrogen) atoms. The van der Waals surface area contributed by atoms with Crippen molar-refractivity contribution in [2.24, 2.45) is 0 Å². The maximum absolute atomic E-state index is 13.5. The number of rotatable bonds is 2. The van der Waals surface area contributed by atoms with Gasteiger partial charge in [-0.3, -0.25) is 4.79 Å². The van der Waals surface area contributed by atoms with Gasteiger partial charge in [0.25, 0.3) is 5.91 Å². The normalized spacial score (nSPS) is 10.4. The van der Waals surface area contributed by atoms with Gasteiger partial charge in [0.15, 0.2) is 0 Å². The number of phenols is 1. The first kappa shape index (κ1) is 15.0. The highest BCUT2D eigenvalue weighted by molar-refractivity contribution is 9.10. The number of amides is 1. The van der Waals surface area contributed by atoms with E-state index in [0.717, 1.165) is 0 Å². The van der Waals surface area contributed by atoms with Crippen molar-refractivity contribution in [1.29, 1.82) is 0 Å². The molecule has 0 bridgehead atoms. The first-order chi connectivity index (χ1) is 9.38. The highest BCUT2D eigenvalue weighted by Gasteiger charge is 2.14. The summed E-state index contributed by atoms with van der Waals surface area (Å²) >= 11 is 6.27. The Morgan fingerprint density at radius 3 is 2.60 bits per heavy atom. The van der Waals surface area contributed by atoms with Crippen molar-refractivity contribution < 1.29 is 14.3 Å². The molecule has 1 amide bonds. The van der Waals surface area contributed by atoms with Crippen LogP contribution in [0, 0.1) is 12.7 Å². The molecule has 0 unspecified atom stereocenters. The maximum Gasteiger partial charge on any atom is 0.259 e. The minimum absolute atomic E-state index is 0.121. The molecule has 0 saturated carbocycles. The Bertz CT molecular complexity index is 689. The molecule has 2 aromatic rings. The van der Waals surface area contributed by atoms with E-state index in [-0.39, 0.29) is 11.3 Å². The van der Waals surface area contributed by atoms with Crippen LogP contribution < -0.4 is 5.32 Å². The summed E-state index contributed by atoms with van der Waals surface area (Å²) in [5, 5.41) is 12.3. The molecule has 0 fully saturated rings. The molecule has 0 aliphatic carbocycles. The fourth-order valence-electron chi connectivity index (χ4n) is 1.67. The van der Waals surface area contributed by atoms with Gasteiger partial charge in [-0.2, -0.15) is 0 Å². The van der Waals surface area contributed by atoms with Gasteiger partial charge in [0.05, 0.1) is 10.0 Å². The van der Waals surface area contributed by atoms with E-state index in [1.165, 1.54) is 18.2 Å². The molecule has 2 rings (SSSR count). The number of phenolic OH excluding ortho intramolecular Hbond substituents is 1. The van der Waals surface area contributed by atoms with E-state index in [9.17, 15) is 14.3 Å². The van der Waals surface area contributed by atoms with Gasteiger partial charge in [0.1, 0.15) is 11.6 Å². The van der Waals surface area contributed by atoms with Gasteiger partial charge in [0, 0.05) is 10.2 Å². The number of carbonyl (C=O) groups is 1. The molecule has 0 saturated heterocycles. The zero-order chi connectivity index (χ0) is 14.9. The van der Waals surface area contributed by atoms with E-state index in [1.54, 1.807) is 19.1 Å². The summed E-state index contributed by atoms with van der Waals surface area (Å²) in [7, 11) is 0. The van der Waals surface area contributed by atoms with Crippen LogP contribution in [0.2, 0.25) is 0 Å². The Morgan fingerprint density at radius 2 is 1.95 bits per heavy atom. The molecule has 0 aromatic heterocycles. The fraction of sp³-hybridized carbons (Fsp3) is 0.0714. The first-order valence-corrected chi connectivity index (χ1v) is 7.22. The van der Waals surface area contributed by atoms with Gasteiger partial charge >= 0.3 is 0 Å². The minimum Gasteiger partial charge on any atom is -0.507 e. The standard InChI is InChI=1S/C14H10Br2FNO2/c1-7-4-10(16)11(17)6-12(7)18-14(20)9-3-2-8(15)5-13(9)19/h2-6,19H,1H3,(H,18,20). The number of carbonyl (C=O) groups excluding carboxylic acids is 1. The van der Waals surface area contributed by atoms with Crippen LogP contribution in [-0.4, -0.2) is 11.0 Å². The summed E-state index contributed by atoms with van der Waals surface area (Å²) in [5.74, 6) is -1.11. The summed E-state index contributed by atoms with van der Waals surface area (Å²) in [6.07, 6.45) is 0. The summed E-state index contributed by atoms with van der Waals surface area (Å²) in [5.41, 5.74) is 1.19. The summed E-state index contributed by atoms with van der Waals surface area (Å²) in [6, 6.07) is 7.35. The second-order valence-corrected chi connectivity index (χ2v) is 5.97. The predicted molar refractivity (Wildman–Crippen MR) is 82.6 cm³/mol. The highest BCUT2D eigenvalue weighted by atomic mass is 79.9. The molecule has 2 aromatic carbocycles. The molecule has 0 aliphatic heterocycles. The van der Waals surface area contributed by atoms with Gasteiger partial charge < -0.3 is 10.4 Å². The number of benzene rings is 2. The van der Waals surface area contributed by atoms with E-state index >= 15 is 0 Å². The molecule has 6 heteroatoms. The van der Waals surface area contributed by atoms with Crippen LogP contribution in [0.4, 0.5) is 10.1 Å². The number of halogens is 3. The highest BCUT2D eigenvalue weighted by Crippen LogP contribution is 2.26. The predicted octanol–water partition coefficient (Wildman–Crippen LogP) is 4.62. The molecule has 0 spiro atoms. The fourth-order valence-corrected chi connectivity index (χ4v) is 2.47. The third-order valence-corrected chi connectivity index (χ3v) is 3.82. The summed E-state index contributed by atoms with van der Waals surface area (Å²) in [4.78, 5) is 12.1. The van der Waals surface area contributed by atoms with E-state index < -0.39 is 11.7 Å². The maximum atomic E-state index is 13.5. The van der Waals surface area contributed by atoms with Crippen LogP contribution in [0.25, 0.3) is 0 Å². The lowest BCUT2D eigenvalue weighted by atomic mass is 10.1. The van der Waals surface area contributed by atoms with Crippen LogP contribution in [0.3, 0.4) is 0 Å². The molecule has 0 heterocycles. The zero-order valence-electron chi connectivity index (χ0n) is 10.4. The molecule has 0 radical (unpaired) electrons. The third kappa shape index (κ3) is 3.19. The number of hydrogen-bond acceptors (Lipinski definition) is 2. The lowest BCUT2D eigenvalue weighted by molar-refractivity contribution is 0.102. The number of hydrogen-bond donors (Lipinski definition) is 2. The van der Waals surface area contributed by atoms with Crippen molar-refractivity contribution in [1.82, 2.24) is 0 Å². The first-order valence-electron chi connectivity index (χ1n) is 5.64. The SMILES string of the molecule is Cc1cc(Br)c(F)cc1NC(=O)c1ccc(Br)cc1O. The van der Waals surface area contributed by atoms with Gasteiger partial charge in [-0.1, -0.05) is 15.9 Å². The minimum atomic E-state index is -0.500. The third-order valence-electron chi connectivity index (χ3n) is 2.72. The lowest BCUT2D eigenvalue weighted by Gasteiger charge is -2.10. The Kier molecular flexibility index (Phi) is 4.45. The van der Waals surface area contributed by atoms with Crippen LogP contribution in [-0.2, 0) is 0 Å². The average molecular weight is 403 g/mol. The van der Waals surface area contributed by atoms with E-state index in [2.05, 4.69) is 37.2 Å². The Labute approximate surface area is 132 Å². The second kappa shape index (κ2) is 5.93. The van der Waals surface area contributed by atoms with Crippen LogP contribution in [0.5, 0.6) is 5.75 Å². The molecular formula is C14H10Br2FNO2. The summed E-state index contributed by atoms with van der Waals surface area (Å²) in [6.45, 7) is 1.75. The van der Waals surface area contributed by atoms with Crippen LogP contribution >= 0.6 is 31.9 Å². The number of anilines is 1. The Morgan fingerprint density at radius 1 is 1.25 bits per heavy atom. The largest absolute Gasteiger partial charge is 0.507 e. The van der Waals surface area contributed by atoms with Crippen molar-refractivity contribution in [2.75, 3.05) is 5.32 Å². The Balaban J connectivity index is 2.30. The summed E-state index contributed by atoms with van der Waals surface area (Å²) < 4.78 is 14.5. The van der Waals surface area contributed by atoms with Crippen LogP contribution in [0.15, 0.2) is 39.3 Å². The molecule has 0 aliphatic rings. The van der Waals surface area contributed by atoms with Gasteiger partial charge in [-0.15, -0.1) is 0 Å². The number of nitrogens with one attached hydrogen (secondary N) is 1. The van der Waals surface area contributed by atoms with Crippen molar-refractivity contribution in [3.63, 3.8) is 0 Å². The average Bonchev–Trinajstić information content (AvgIpc) is 2.35. The van der Waals surface area contributed by atoms with Crippen molar-refractivity contribution in [3.8, 4) is 5.75 Å². The van der Waals surface area contributed by atoms with E-state index in [4.69, 9.17) is 0 Å². The molecule has 104 valence electrons. The smallest absolute Gasteiger partial charge is 0.259 e. The van der Waals surface area contributed by atoms with E-state index in [1.807, 2.05) is 0 Å². The molecule has 0 atom stereocenters. The van der Waals surface area contributed by atoms with Crippen LogP contribution in [0.1, 0.15) is 15.9 Å². The van der Waals surface area contributed by atoms with Gasteiger partial charge in [0.2, 0.25) is 0 Å². The molecular weight excluding hydrogens is 393 g/mol. The molecule has 2 N–H and O–H groups in total. The van der Waals surface area contributed by atoms with E-state index in [0.29, 0.717) is 20.2 Å². The lowest BCUT2D eigenvalue weighted by Crippen LogP contribution is -2.13. The number of aryl methyl sites for hydroxylation is 1. The number of aromatic hydroxyl groups is 1. The zero-order valence-corrected chi connectivity index (χ0v) is 13.5. The van der Waals surface area contributed by atoms with Crippen molar-refractivity contribution in [3.05, 3.63) is 56.2 Å². The monoisotopic (exact) mass is 401 g/mol. The van der Waals surface area contributed by atoms with Gasteiger partial charge in [-0.05, 0) is 58.7 Å². The molecule has 3 nitrogen and oxygen atoms in total. The van der Waals surface area contributed by atoms with Gasteiger partial charge in [-0.25, -0.2) is 4.39 Å². The van der Waals surface area contributed by atoms with Crippen molar-refractivity contribution in [2.45, 2.75) is 6.92 Å². The topological polar surface area (TPSA) is 49.3 Å². The van der Waals surface area contributed by atoms with Crippen molar-refractivity contribution >= 4 is 43.5 Å².